The van der Waals surface area contributed by atoms with E-state index in [0.717, 1.165) is 12.1 Å². The summed E-state index contributed by atoms with van der Waals surface area (Å²) in [6.07, 6.45) is 2.33. The number of nitrogens with zero attached hydrogens (tertiary/aromatic N) is 2. The minimum absolute atomic E-state index is 0.189. The summed E-state index contributed by atoms with van der Waals surface area (Å²) in [6.45, 7) is 6.66. The van der Waals surface area contributed by atoms with Crippen molar-refractivity contribution in [3.05, 3.63) is 17.5 Å². The molecule has 1 heterocycles. The normalized spacial score (nSPS) is 11.4. The zero-order valence-electron chi connectivity index (χ0n) is 12.3. The predicted molar refractivity (Wildman–Crippen MR) is 75.9 cm³/mol. The highest BCUT2D eigenvalue weighted by atomic mass is 16.2. The van der Waals surface area contributed by atoms with E-state index in [4.69, 9.17) is 11.5 Å². The van der Waals surface area contributed by atoms with Crippen molar-refractivity contribution in [2.24, 2.45) is 16.9 Å². The van der Waals surface area contributed by atoms with Crippen molar-refractivity contribution < 1.29 is 9.59 Å². The number of aryl methyl sites for hydroxylation is 1. The van der Waals surface area contributed by atoms with Crippen molar-refractivity contribution >= 4 is 11.8 Å². The molecular weight excluding hydrogens is 258 g/mol. The Kier molecular flexibility index (Phi) is 5.26. The zero-order chi connectivity index (χ0) is 15.3. The number of primary amides is 1. The van der Waals surface area contributed by atoms with Crippen LogP contribution in [-0.2, 0) is 11.3 Å². The Labute approximate surface area is 118 Å². The monoisotopic (exact) mass is 281 g/mol. The standard InChI is InChI=1S/C13H23N5O2/c1-9-10(7-17-18(9)6-4-5-14)11(19)16-8-13(2,3)12(15)20/h7H,4-6,8,14H2,1-3H3,(H2,15,20)(H,16,19). The fourth-order valence-corrected chi connectivity index (χ4v) is 1.62. The van der Waals surface area contributed by atoms with Gasteiger partial charge in [-0.3, -0.25) is 14.3 Å². The van der Waals surface area contributed by atoms with E-state index in [1.165, 1.54) is 6.20 Å². The minimum atomic E-state index is -0.779. The van der Waals surface area contributed by atoms with Crippen molar-refractivity contribution in [3.63, 3.8) is 0 Å². The molecule has 0 saturated heterocycles. The third-order valence-corrected chi connectivity index (χ3v) is 3.28. The third kappa shape index (κ3) is 3.80. The molecular formula is C13H23N5O2. The number of nitrogens with one attached hydrogen (secondary N) is 1. The molecule has 1 aromatic rings. The van der Waals surface area contributed by atoms with Gasteiger partial charge in [0.25, 0.3) is 5.91 Å². The molecule has 0 saturated carbocycles. The molecule has 0 aromatic carbocycles. The molecule has 0 aliphatic heterocycles. The first-order valence-electron chi connectivity index (χ1n) is 6.60. The number of aromatic nitrogens is 2. The number of hydrogen-bond donors (Lipinski definition) is 3. The van der Waals surface area contributed by atoms with Gasteiger partial charge in [-0.05, 0) is 33.7 Å². The van der Waals surface area contributed by atoms with Gasteiger partial charge in [-0.15, -0.1) is 0 Å². The maximum atomic E-state index is 12.1. The van der Waals surface area contributed by atoms with Crippen LogP contribution in [0.5, 0.6) is 0 Å². The third-order valence-electron chi connectivity index (χ3n) is 3.28. The SMILES string of the molecule is Cc1c(C(=O)NCC(C)(C)C(N)=O)cnn1CCCN. The summed E-state index contributed by atoms with van der Waals surface area (Å²) in [6, 6.07) is 0. The molecule has 0 atom stereocenters. The summed E-state index contributed by atoms with van der Waals surface area (Å²) in [7, 11) is 0. The first-order chi connectivity index (χ1) is 9.29. The van der Waals surface area contributed by atoms with E-state index in [1.54, 1.807) is 18.5 Å². The molecule has 1 aromatic heterocycles. The van der Waals surface area contributed by atoms with E-state index in [-0.39, 0.29) is 12.5 Å². The van der Waals surface area contributed by atoms with Gasteiger partial charge < -0.3 is 16.8 Å². The molecule has 0 aliphatic rings. The van der Waals surface area contributed by atoms with Gasteiger partial charge in [0.1, 0.15) is 0 Å². The summed E-state index contributed by atoms with van der Waals surface area (Å²) < 4.78 is 1.75. The molecule has 0 fully saturated rings. The highest BCUT2D eigenvalue weighted by molar-refractivity contribution is 5.95. The molecule has 0 unspecified atom stereocenters. The molecule has 0 aliphatic carbocycles. The van der Waals surface area contributed by atoms with Gasteiger partial charge in [0.05, 0.1) is 17.2 Å². The second-order valence-corrected chi connectivity index (χ2v) is 5.44. The van der Waals surface area contributed by atoms with Crippen molar-refractivity contribution in [2.75, 3.05) is 13.1 Å². The summed E-state index contributed by atoms with van der Waals surface area (Å²) in [5.41, 5.74) is 11.2. The lowest BCUT2D eigenvalue weighted by molar-refractivity contribution is -0.125. The zero-order valence-corrected chi connectivity index (χ0v) is 12.3. The Balaban J connectivity index is 2.69. The number of carbonyl (C=O) groups excluding carboxylic acids is 2. The number of amides is 2. The topological polar surface area (TPSA) is 116 Å². The largest absolute Gasteiger partial charge is 0.369 e. The molecule has 0 bridgehead atoms. The molecule has 7 nitrogen and oxygen atoms in total. The van der Waals surface area contributed by atoms with Gasteiger partial charge in [0, 0.05) is 18.8 Å². The van der Waals surface area contributed by atoms with Crippen LogP contribution in [0.1, 0.15) is 36.3 Å². The molecule has 5 N–H and O–H groups in total. The maximum Gasteiger partial charge on any atom is 0.254 e. The average Bonchev–Trinajstić information content (AvgIpc) is 2.75. The van der Waals surface area contributed by atoms with Crippen LogP contribution in [0.3, 0.4) is 0 Å². The minimum Gasteiger partial charge on any atom is -0.369 e. The van der Waals surface area contributed by atoms with Crippen LogP contribution in [0.2, 0.25) is 0 Å². The second-order valence-electron chi connectivity index (χ2n) is 5.44. The van der Waals surface area contributed by atoms with E-state index in [9.17, 15) is 9.59 Å². The number of hydrogen-bond acceptors (Lipinski definition) is 4. The van der Waals surface area contributed by atoms with E-state index < -0.39 is 11.3 Å². The van der Waals surface area contributed by atoms with Crippen LogP contribution in [0, 0.1) is 12.3 Å². The second kappa shape index (κ2) is 6.51. The molecule has 0 spiro atoms. The van der Waals surface area contributed by atoms with Gasteiger partial charge in [-0.2, -0.15) is 5.10 Å². The van der Waals surface area contributed by atoms with Gasteiger partial charge >= 0.3 is 0 Å². The molecule has 0 radical (unpaired) electrons. The molecule has 1 rings (SSSR count). The first-order valence-corrected chi connectivity index (χ1v) is 6.60. The Morgan fingerprint density at radius 3 is 2.65 bits per heavy atom. The predicted octanol–water partition coefficient (Wildman–Crippen LogP) is -0.218. The molecule has 112 valence electrons. The lowest BCUT2D eigenvalue weighted by Crippen LogP contribution is -2.42. The number of carbonyl (C=O) groups is 2. The Morgan fingerprint density at radius 2 is 2.10 bits per heavy atom. The number of nitrogens with two attached hydrogens (primary N) is 2. The summed E-state index contributed by atoms with van der Waals surface area (Å²) in [4.78, 5) is 23.3. The fraction of sp³-hybridized carbons (Fsp3) is 0.615. The van der Waals surface area contributed by atoms with Crippen LogP contribution in [0.25, 0.3) is 0 Å². The van der Waals surface area contributed by atoms with Crippen LogP contribution < -0.4 is 16.8 Å². The van der Waals surface area contributed by atoms with Gasteiger partial charge in [-0.25, -0.2) is 0 Å². The van der Waals surface area contributed by atoms with Gasteiger partial charge in [-0.1, -0.05) is 0 Å². The Morgan fingerprint density at radius 1 is 1.45 bits per heavy atom. The Bertz CT molecular complexity index is 493. The number of rotatable bonds is 7. The average molecular weight is 281 g/mol. The van der Waals surface area contributed by atoms with Crippen molar-refractivity contribution in [2.45, 2.75) is 33.7 Å². The molecule has 20 heavy (non-hydrogen) atoms. The summed E-state index contributed by atoms with van der Waals surface area (Å²) >= 11 is 0. The van der Waals surface area contributed by atoms with Crippen LogP contribution >= 0.6 is 0 Å². The van der Waals surface area contributed by atoms with Gasteiger partial charge in [0.15, 0.2) is 0 Å². The first kappa shape index (κ1) is 16.2. The Hall–Kier alpha value is -1.89. The smallest absolute Gasteiger partial charge is 0.254 e. The van der Waals surface area contributed by atoms with Crippen molar-refractivity contribution in [1.82, 2.24) is 15.1 Å². The maximum absolute atomic E-state index is 12.1. The lowest BCUT2D eigenvalue weighted by atomic mass is 9.92. The van der Waals surface area contributed by atoms with E-state index in [1.807, 2.05) is 6.92 Å². The molecule has 2 amide bonds. The van der Waals surface area contributed by atoms with E-state index in [2.05, 4.69) is 10.4 Å². The summed E-state index contributed by atoms with van der Waals surface area (Å²) in [5, 5.41) is 6.88. The van der Waals surface area contributed by atoms with Crippen LogP contribution in [0.4, 0.5) is 0 Å². The van der Waals surface area contributed by atoms with Crippen LogP contribution in [0.15, 0.2) is 6.20 Å². The quantitative estimate of drug-likeness (QED) is 0.640. The highest BCUT2D eigenvalue weighted by Gasteiger charge is 2.26. The summed E-state index contributed by atoms with van der Waals surface area (Å²) in [5.74, 6) is -0.705. The fourth-order valence-electron chi connectivity index (χ4n) is 1.62. The van der Waals surface area contributed by atoms with Crippen molar-refractivity contribution in [3.8, 4) is 0 Å². The van der Waals surface area contributed by atoms with Crippen LogP contribution in [-0.4, -0.2) is 34.7 Å². The molecule has 7 heteroatoms. The van der Waals surface area contributed by atoms with Crippen molar-refractivity contribution in [1.29, 1.82) is 0 Å². The highest BCUT2D eigenvalue weighted by Crippen LogP contribution is 2.13. The lowest BCUT2D eigenvalue weighted by Gasteiger charge is -2.20. The van der Waals surface area contributed by atoms with E-state index in [0.29, 0.717) is 18.7 Å². The van der Waals surface area contributed by atoms with Gasteiger partial charge in [0.2, 0.25) is 5.91 Å². The van der Waals surface area contributed by atoms with E-state index >= 15 is 0 Å².